The normalized spacial score (nSPS) is 14.8. The molecule has 2 aromatic rings. The van der Waals surface area contributed by atoms with Gasteiger partial charge < -0.3 is 15.1 Å². The van der Waals surface area contributed by atoms with E-state index >= 15 is 0 Å². The molecule has 0 aromatic heterocycles. The van der Waals surface area contributed by atoms with Crippen molar-refractivity contribution in [3.63, 3.8) is 0 Å². The molecule has 3 amide bonds. The lowest BCUT2D eigenvalue weighted by atomic mass is 10.1. The molecule has 0 saturated carbocycles. The van der Waals surface area contributed by atoms with E-state index in [9.17, 15) is 18.0 Å². The van der Waals surface area contributed by atoms with E-state index in [0.29, 0.717) is 37.3 Å². The van der Waals surface area contributed by atoms with Crippen LogP contribution in [0.4, 0.5) is 10.5 Å². The molecule has 0 aliphatic carbocycles. The molecule has 2 aromatic carbocycles. The van der Waals surface area contributed by atoms with E-state index < -0.39 is 15.6 Å². The Labute approximate surface area is 196 Å². The number of rotatable bonds is 4. The number of anilines is 1. The van der Waals surface area contributed by atoms with Crippen LogP contribution in [0.3, 0.4) is 0 Å². The van der Waals surface area contributed by atoms with Crippen molar-refractivity contribution in [2.45, 2.75) is 45.1 Å². The maximum Gasteiger partial charge on any atom is 0.321 e. The number of aryl methyl sites for hydroxylation is 2. The molecule has 9 heteroatoms. The van der Waals surface area contributed by atoms with E-state index in [1.165, 1.54) is 12.1 Å². The number of sulfonamides is 1. The van der Waals surface area contributed by atoms with E-state index in [-0.39, 0.29) is 16.8 Å². The highest BCUT2D eigenvalue weighted by Crippen LogP contribution is 2.20. The van der Waals surface area contributed by atoms with Crippen molar-refractivity contribution in [2.24, 2.45) is 0 Å². The summed E-state index contributed by atoms with van der Waals surface area (Å²) in [4.78, 5) is 29.2. The first-order valence-electron chi connectivity index (χ1n) is 10.9. The van der Waals surface area contributed by atoms with E-state index in [2.05, 4.69) is 10.0 Å². The van der Waals surface area contributed by atoms with Crippen LogP contribution in [0.25, 0.3) is 0 Å². The van der Waals surface area contributed by atoms with Crippen molar-refractivity contribution in [3.8, 4) is 0 Å². The second kappa shape index (κ2) is 9.52. The van der Waals surface area contributed by atoms with E-state index in [0.717, 1.165) is 11.3 Å². The van der Waals surface area contributed by atoms with Crippen molar-refractivity contribution < 1.29 is 18.0 Å². The number of hydrogen-bond acceptors (Lipinski definition) is 4. The summed E-state index contributed by atoms with van der Waals surface area (Å²) >= 11 is 0. The second-order valence-corrected chi connectivity index (χ2v) is 11.1. The van der Waals surface area contributed by atoms with Crippen LogP contribution in [0.5, 0.6) is 0 Å². The molecule has 0 unspecified atom stereocenters. The van der Waals surface area contributed by atoms with Gasteiger partial charge in [0.1, 0.15) is 0 Å². The lowest BCUT2D eigenvalue weighted by molar-refractivity contribution is 0.0670. The van der Waals surface area contributed by atoms with Gasteiger partial charge in [-0.2, -0.15) is 0 Å². The van der Waals surface area contributed by atoms with Gasteiger partial charge in [0, 0.05) is 43.0 Å². The molecule has 1 aliphatic heterocycles. The smallest absolute Gasteiger partial charge is 0.321 e. The molecule has 0 radical (unpaired) electrons. The summed E-state index contributed by atoms with van der Waals surface area (Å²) in [5, 5.41) is 2.89. The third-order valence-corrected chi connectivity index (χ3v) is 7.07. The molecule has 0 spiro atoms. The summed E-state index contributed by atoms with van der Waals surface area (Å²) < 4.78 is 28.0. The number of amides is 3. The number of carbonyl (C=O) groups excluding carboxylic acids is 2. The summed E-state index contributed by atoms with van der Waals surface area (Å²) in [6.07, 6.45) is 0. The minimum atomic E-state index is -3.76. The Hall–Kier alpha value is -2.91. The minimum Gasteiger partial charge on any atom is -0.335 e. The molecule has 1 fully saturated rings. The Balaban J connectivity index is 1.67. The summed E-state index contributed by atoms with van der Waals surface area (Å²) in [6.45, 7) is 10.6. The van der Waals surface area contributed by atoms with Crippen LogP contribution in [-0.2, 0) is 10.0 Å². The fourth-order valence-electron chi connectivity index (χ4n) is 3.67. The summed E-state index contributed by atoms with van der Waals surface area (Å²) in [6, 6.07) is 12.0. The molecule has 1 heterocycles. The van der Waals surface area contributed by atoms with E-state index in [4.69, 9.17) is 0 Å². The molecule has 178 valence electrons. The monoisotopic (exact) mass is 472 g/mol. The van der Waals surface area contributed by atoms with Crippen molar-refractivity contribution in [3.05, 3.63) is 59.2 Å². The predicted octanol–water partition coefficient (Wildman–Crippen LogP) is 3.37. The van der Waals surface area contributed by atoms with Crippen LogP contribution in [0.15, 0.2) is 47.4 Å². The summed E-state index contributed by atoms with van der Waals surface area (Å²) in [5.74, 6) is -0.237. The van der Waals surface area contributed by atoms with Crippen LogP contribution >= 0.6 is 0 Å². The number of urea groups is 1. The minimum absolute atomic E-state index is 0.0579. The quantitative estimate of drug-likeness (QED) is 0.713. The maximum atomic E-state index is 13.2. The Kier molecular flexibility index (Phi) is 7.14. The zero-order chi connectivity index (χ0) is 24.4. The van der Waals surface area contributed by atoms with Gasteiger partial charge >= 0.3 is 6.03 Å². The SMILES string of the molecule is Cc1cccc(NC(=O)N2CCN(C(=O)c3cc(S(=O)(=O)NC(C)(C)C)ccc3C)CC2)c1. The Morgan fingerprint density at radius 3 is 2.15 bits per heavy atom. The van der Waals surface area contributed by atoms with Gasteiger partial charge in [0.15, 0.2) is 0 Å². The van der Waals surface area contributed by atoms with Gasteiger partial charge in [-0.15, -0.1) is 0 Å². The number of nitrogens with zero attached hydrogens (tertiary/aromatic N) is 2. The van der Waals surface area contributed by atoms with Crippen molar-refractivity contribution >= 4 is 27.6 Å². The molecule has 2 N–H and O–H groups in total. The molecule has 3 rings (SSSR count). The summed E-state index contributed by atoms with van der Waals surface area (Å²) in [7, 11) is -3.76. The zero-order valence-electron chi connectivity index (χ0n) is 19.8. The third-order valence-electron chi connectivity index (χ3n) is 5.31. The number of carbonyl (C=O) groups is 2. The lowest BCUT2D eigenvalue weighted by Gasteiger charge is -2.35. The Morgan fingerprint density at radius 1 is 0.909 bits per heavy atom. The van der Waals surface area contributed by atoms with Crippen LogP contribution in [0.2, 0.25) is 0 Å². The standard InChI is InChI=1S/C24H32N4O4S/c1-17-7-6-8-19(15-17)25-23(30)28-13-11-27(12-14-28)22(29)21-16-20(10-9-18(21)2)33(31,32)26-24(3,4)5/h6-10,15-16,26H,11-14H2,1-5H3,(H,25,30). The zero-order valence-corrected chi connectivity index (χ0v) is 20.6. The molecule has 0 bridgehead atoms. The van der Waals surface area contributed by atoms with Crippen molar-refractivity contribution in [1.82, 2.24) is 14.5 Å². The van der Waals surface area contributed by atoms with Gasteiger partial charge in [-0.3, -0.25) is 4.79 Å². The van der Waals surface area contributed by atoms with Gasteiger partial charge in [0.05, 0.1) is 4.90 Å². The first-order chi connectivity index (χ1) is 15.4. The number of benzene rings is 2. The van der Waals surface area contributed by atoms with Gasteiger partial charge in [0.25, 0.3) is 5.91 Å². The fraction of sp³-hybridized carbons (Fsp3) is 0.417. The largest absolute Gasteiger partial charge is 0.335 e. The topological polar surface area (TPSA) is 98.8 Å². The van der Waals surface area contributed by atoms with Crippen molar-refractivity contribution in [2.75, 3.05) is 31.5 Å². The van der Waals surface area contributed by atoms with Gasteiger partial charge in [-0.1, -0.05) is 18.2 Å². The molecule has 33 heavy (non-hydrogen) atoms. The first-order valence-corrected chi connectivity index (χ1v) is 12.4. The molecular formula is C24H32N4O4S. The lowest BCUT2D eigenvalue weighted by Crippen LogP contribution is -2.51. The van der Waals surface area contributed by atoms with E-state index in [1.54, 1.807) is 43.6 Å². The van der Waals surface area contributed by atoms with Gasteiger partial charge in [0.2, 0.25) is 10.0 Å². The number of hydrogen-bond donors (Lipinski definition) is 2. The molecule has 1 aliphatic rings. The van der Waals surface area contributed by atoms with Crippen LogP contribution in [0, 0.1) is 13.8 Å². The highest BCUT2D eigenvalue weighted by molar-refractivity contribution is 7.89. The maximum absolute atomic E-state index is 13.2. The Bertz CT molecular complexity index is 1150. The molecule has 8 nitrogen and oxygen atoms in total. The third kappa shape index (κ3) is 6.33. The van der Waals surface area contributed by atoms with Crippen molar-refractivity contribution in [1.29, 1.82) is 0 Å². The number of piperazine rings is 1. The average Bonchev–Trinajstić information content (AvgIpc) is 2.72. The molecule has 1 saturated heterocycles. The predicted molar refractivity (Wildman–Crippen MR) is 129 cm³/mol. The second-order valence-electron chi connectivity index (χ2n) is 9.41. The number of nitrogens with one attached hydrogen (secondary N) is 2. The van der Waals surface area contributed by atoms with Gasteiger partial charge in [-0.25, -0.2) is 17.9 Å². The van der Waals surface area contributed by atoms with E-state index in [1.807, 2.05) is 31.2 Å². The first kappa shape index (κ1) is 24.7. The average molecular weight is 473 g/mol. The molecule has 0 atom stereocenters. The highest BCUT2D eigenvalue weighted by Gasteiger charge is 2.28. The van der Waals surface area contributed by atoms with Crippen LogP contribution < -0.4 is 10.0 Å². The summed E-state index contributed by atoms with van der Waals surface area (Å²) in [5.41, 5.74) is 2.21. The van der Waals surface area contributed by atoms with Crippen LogP contribution in [-0.4, -0.2) is 61.9 Å². The van der Waals surface area contributed by atoms with Gasteiger partial charge in [-0.05, 0) is 70.0 Å². The fourth-order valence-corrected chi connectivity index (χ4v) is 5.11. The van der Waals surface area contributed by atoms with Crippen LogP contribution in [0.1, 0.15) is 42.3 Å². The Morgan fingerprint density at radius 2 is 1.55 bits per heavy atom. The highest BCUT2D eigenvalue weighted by atomic mass is 32.2. The molecular weight excluding hydrogens is 440 g/mol.